The average Bonchev–Trinajstić information content (AvgIpc) is 3.05. The summed E-state index contributed by atoms with van der Waals surface area (Å²) in [6.07, 6.45) is 4.21. The lowest BCUT2D eigenvalue weighted by atomic mass is 9.61. The molecular formula is C23H21BN3O+. The van der Waals surface area contributed by atoms with Crippen molar-refractivity contribution in [3.05, 3.63) is 77.1 Å². The number of pyridine rings is 2. The lowest BCUT2D eigenvalue weighted by Gasteiger charge is -2.19. The van der Waals surface area contributed by atoms with Gasteiger partial charge < -0.3 is 4.42 Å². The van der Waals surface area contributed by atoms with Crippen LogP contribution in [0.15, 0.2) is 65.2 Å². The Hall–Kier alpha value is -3.34. The lowest BCUT2D eigenvalue weighted by Crippen LogP contribution is -2.47. The third kappa shape index (κ3) is 2.71. The fourth-order valence-corrected chi connectivity index (χ4v) is 3.84. The molecule has 0 bridgehead atoms. The second kappa shape index (κ2) is 6.38. The number of aryl methyl sites for hydroxylation is 2. The second-order valence-corrected chi connectivity index (χ2v) is 7.38. The molecule has 0 atom stereocenters. The van der Waals surface area contributed by atoms with Gasteiger partial charge in [-0.3, -0.25) is 4.81 Å². The van der Waals surface area contributed by atoms with Crippen LogP contribution in [0.2, 0.25) is 6.82 Å². The maximum Gasteiger partial charge on any atom is 0.402 e. The minimum Gasteiger partial charge on any atom is -0.434 e. The molecule has 0 saturated heterocycles. The van der Waals surface area contributed by atoms with Crippen LogP contribution in [0, 0.1) is 6.92 Å². The fraction of sp³-hybridized carbons (Fsp3) is 0.130. The summed E-state index contributed by atoms with van der Waals surface area (Å²) in [7, 11) is 2.07. The third-order valence-corrected chi connectivity index (χ3v) is 5.36. The van der Waals surface area contributed by atoms with Crippen molar-refractivity contribution in [2.24, 2.45) is 7.05 Å². The van der Waals surface area contributed by atoms with E-state index in [9.17, 15) is 0 Å². The van der Waals surface area contributed by atoms with Gasteiger partial charge in [0.15, 0.2) is 5.42 Å². The Labute approximate surface area is 164 Å². The van der Waals surface area contributed by atoms with E-state index in [1.807, 2.05) is 19.1 Å². The molecule has 4 nitrogen and oxygen atoms in total. The predicted octanol–water partition coefficient (Wildman–Crippen LogP) is 2.83. The van der Waals surface area contributed by atoms with Crippen molar-refractivity contribution in [1.82, 2.24) is 4.98 Å². The Morgan fingerprint density at radius 3 is 2.68 bits per heavy atom. The number of hydrogen-bond acceptors (Lipinski definition) is 3. The van der Waals surface area contributed by atoms with E-state index in [1.54, 1.807) is 0 Å². The van der Waals surface area contributed by atoms with Gasteiger partial charge in [-0.25, -0.2) is 9.55 Å². The van der Waals surface area contributed by atoms with Crippen LogP contribution in [0.1, 0.15) is 5.69 Å². The molecule has 5 rings (SSSR count). The molecule has 0 radical (unpaired) electrons. The van der Waals surface area contributed by atoms with Gasteiger partial charge in [0.1, 0.15) is 6.20 Å². The Morgan fingerprint density at radius 1 is 1.04 bits per heavy atom. The van der Waals surface area contributed by atoms with Crippen molar-refractivity contribution >= 4 is 35.9 Å². The normalized spacial score (nSPS) is 13.2. The van der Waals surface area contributed by atoms with Crippen molar-refractivity contribution < 1.29 is 8.98 Å². The molecule has 5 heteroatoms. The lowest BCUT2D eigenvalue weighted by molar-refractivity contribution is -0.657. The molecule has 1 aliphatic rings. The zero-order valence-electron chi connectivity index (χ0n) is 16.3. The maximum atomic E-state index is 6.08. The van der Waals surface area contributed by atoms with E-state index >= 15 is 0 Å². The van der Waals surface area contributed by atoms with Crippen molar-refractivity contribution in [2.45, 2.75) is 13.7 Å². The minimum atomic E-state index is 0.201. The van der Waals surface area contributed by atoms with Crippen molar-refractivity contribution in [3.63, 3.8) is 0 Å². The highest BCUT2D eigenvalue weighted by Gasteiger charge is 2.29. The summed E-state index contributed by atoms with van der Waals surface area (Å²) in [6.45, 7) is 4.39. The molecule has 4 heterocycles. The predicted molar refractivity (Wildman–Crippen MR) is 114 cm³/mol. The van der Waals surface area contributed by atoms with Crippen LogP contribution >= 0.6 is 0 Å². The maximum absolute atomic E-state index is 6.08. The average molecular weight is 366 g/mol. The highest BCUT2D eigenvalue weighted by atomic mass is 16.3. The molecule has 0 N–H and O–H groups in total. The molecular weight excluding hydrogens is 345 g/mol. The molecule has 1 aromatic carbocycles. The number of aromatic nitrogens is 2. The molecule has 3 aromatic heterocycles. The largest absolute Gasteiger partial charge is 0.434 e. The molecule has 0 spiro atoms. The Balaban J connectivity index is 1.66. The van der Waals surface area contributed by atoms with Gasteiger partial charge in [-0.15, -0.1) is 0 Å². The first kappa shape index (κ1) is 16.8. The summed E-state index contributed by atoms with van der Waals surface area (Å²) in [6, 6.07) is 19.0. The first-order valence-corrected chi connectivity index (χ1v) is 9.53. The summed E-state index contributed by atoms with van der Waals surface area (Å²) >= 11 is 0. The van der Waals surface area contributed by atoms with Gasteiger partial charge in [-0.1, -0.05) is 36.3 Å². The van der Waals surface area contributed by atoms with Crippen molar-refractivity contribution in [1.29, 1.82) is 0 Å². The summed E-state index contributed by atoms with van der Waals surface area (Å²) in [4.78, 5) is 6.80. The van der Waals surface area contributed by atoms with Crippen molar-refractivity contribution in [3.8, 4) is 11.1 Å². The standard InChI is InChI=1S/C23H21BN3O/c1-16-9-10-19-20-14-24(2)27(15-21(20)28-23(19)25-16)22-13-18(11-12-26(22)3)17-7-5-4-6-8-17/h4-15H,1-3H3/q+1. The number of nitrogens with zero attached hydrogens (tertiary/aromatic N) is 3. The van der Waals surface area contributed by atoms with Crippen LogP contribution in [-0.4, -0.2) is 11.8 Å². The summed E-state index contributed by atoms with van der Waals surface area (Å²) in [5.74, 6) is 3.37. The van der Waals surface area contributed by atoms with E-state index in [4.69, 9.17) is 4.42 Å². The zero-order valence-corrected chi connectivity index (χ0v) is 16.3. The van der Waals surface area contributed by atoms with Gasteiger partial charge in [0.25, 0.3) is 5.82 Å². The van der Waals surface area contributed by atoms with E-state index in [0.717, 1.165) is 27.5 Å². The number of fused-ring (bicyclic) bond motifs is 3. The minimum absolute atomic E-state index is 0.201. The smallest absolute Gasteiger partial charge is 0.402 e. The van der Waals surface area contributed by atoms with E-state index in [0.29, 0.717) is 5.71 Å². The Kier molecular flexibility index (Phi) is 3.83. The van der Waals surface area contributed by atoms with Crippen LogP contribution in [0.25, 0.3) is 34.4 Å². The topological polar surface area (TPSA) is 33.2 Å². The van der Waals surface area contributed by atoms with Crippen LogP contribution in [0.3, 0.4) is 0 Å². The van der Waals surface area contributed by atoms with Crippen molar-refractivity contribution in [2.75, 3.05) is 4.81 Å². The van der Waals surface area contributed by atoms with Gasteiger partial charge in [0.2, 0.25) is 5.71 Å². The van der Waals surface area contributed by atoms with Crippen LogP contribution in [0.4, 0.5) is 5.82 Å². The van der Waals surface area contributed by atoms with E-state index in [2.05, 4.69) is 89.1 Å². The van der Waals surface area contributed by atoms with Gasteiger partial charge in [-0.05, 0) is 43.1 Å². The SMILES string of the molecule is CB1C=c2c(oc3nc(C)ccc23)=CN1c1cc(-c2ccccc2)cc[n+]1C. The molecule has 28 heavy (non-hydrogen) atoms. The fourth-order valence-electron chi connectivity index (χ4n) is 3.84. The quantitative estimate of drug-likeness (QED) is 0.404. The van der Waals surface area contributed by atoms with E-state index in [-0.39, 0.29) is 6.85 Å². The molecule has 0 amide bonds. The van der Waals surface area contributed by atoms with Crippen LogP contribution < -0.4 is 20.0 Å². The van der Waals surface area contributed by atoms with E-state index in [1.165, 1.54) is 11.1 Å². The summed E-state index contributed by atoms with van der Waals surface area (Å²) < 4.78 is 8.22. The molecule has 1 aliphatic heterocycles. The number of hydrogen-bond donors (Lipinski definition) is 0. The van der Waals surface area contributed by atoms with Crippen LogP contribution in [-0.2, 0) is 7.05 Å². The third-order valence-electron chi connectivity index (χ3n) is 5.36. The summed E-state index contributed by atoms with van der Waals surface area (Å²) in [5, 5.41) is 2.21. The van der Waals surface area contributed by atoms with Gasteiger partial charge in [0, 0.05) is 22.4 Å². The molecule has 136 valence electrons. The molecule has 4 aromatic rings. The molecule has 0 unspecified atom stereocenters. The van der Waals surface area contributed by atoms with Gasteiger partial charge >= 0.3 is 6.85 Å². The highest BCUT2D eigenvalue weighted by Crippen LogP contribution is 2.23. The number of furan rings is 1. The van der Waals surface area contributed by atoms with Crippen LogP contribution in [0.5, 0.6) is 0 Å². The van der Waals surface area contributed by atoms with Gasteiger partial charge in [0.05, 0.1) is 13.2 Å². The number of anilines is 1. The second-order valence-electron chi connectivity index (χ2n) is 7.38. The molecule has 0 saturated carbocycles. The number of rotatable bonds is 2. The number of benzene rings is 1. The summed E-state index contributed by atoms with van der Waals surface area (Å²) in [5.41, 5.74) is 4.93. The van der Waals surface area contributed by atoms with E-state index < -0.39 is 0 Å². The zero-order chi connectivity index (χ0) is 19.3. The highest BCUT2D eigenvalue weighted by molar-refractivity contribution is 6.77. The Morgan fingerprint density at radius 2 is 1.86 bits per heavy atom. The first-order valence-electron chi connectivity index (χ1n) is 9.53. The first-order chi connectivity index (χ1) is 13.6. The van der Waals surface area contributed by atoms with Gasteiger partial charge in [-0.2, -0.15) is 0 Å². The molecule has 0 aliphatic carbocycles. The monoisotopic (exact) mass is 366 g/mol. The molecule has 0 fully saturated rings. The Bertz CT molecular complexity index is 1310.